The van der Waals surface area contributed by atoms with Crippen LogP contribution < -0.4 is 0 Å². The number of hydrogen-bond donors (Lipinski definition) is 0. The monoisotopic (exact) mass is 643 g/mol. The Morgan fingerprint density at radius 3 is 1.41 bits per heavy atom. The van der Waals surface area contributed by atoms with E-state index in [2.05, 4.69) is 115 Å². The van der Waals surface area contributed by atoms with E-state index in [9.17, 15) is 0 Å². The lowest BCUT2D eigenvalue weighted by atomic mass is 9.91. The fraction of sp³-hybridized carbons (Fsp3) is 0. The van der Waals surface area contributed by atoms with Gasteiger partial charge in [-0.2, -0.15) is 0 Å². The van der Waals surface area contributed by atoms with Crippen molar-refractivity contribution in [1.29, 1.82) is 0 Å². The molecule has 0 aliphatic rings. The minimum absolute atomic E-state index is 0.640. The topological polar surface area (TPSA) is 38.7 Å². The second kappa shape index (κ2) is 12.4. The summed E-state index contributed by atoms with van der Waals surface area (Å²) in [5.41, 5.74) is 9.82. The van der Waals surface area contributed by atoms with Crippen LogP contribution in [0, 0.1) is 0 Å². The van der Waals surface area contributed by atoms with E-state index >= 15 is 0 Å². The molecule has 49 heavy (non-hydrogen) atoms. The van der Waals surface area contributed by atoms with Crippen molar-refractivity contribution in [2.75, 3.05) is 0 Å². The Balaban J connectivity index is 1.16. The zero-order valence-electron chi connectivity index (χ0n) is 26.5. The first kappa shape index (κ1) is 29.0. The highest BCUT2D eigenvalue weighted by molar-refractivity contribution is 7.25. The molecule has 230 valence electrons. The molecular formula is C45H29N3S. The summed E-state index contributed by atoms with van der Waals surface area (Å²) < 4.78 is 2.64. The number of benzene rings is 7. The first-order valence-electron chi connectivity index (χ1n) is 16.4. The molecule has 0 N–H and O–H groups in total. The second-order valence-corrected chi connectivity index (χ2v) is 13.1. The van der Waals surface area contributed by atoms with Gasteiger partial charge in [-0.15, -0.1) is 11.3 Å². The maximum absolute atomic E-state index is 5.01. The average molecular weight is 644 g/mol. The van der Waals surface area contributed by atoms with Gasteiger partial charge >= 0.3 is 0 Å². The molecule has 9 aromatic rings. The standard InChI is InChI=1S/C45H29N3S/c1-4-12-31(13-5-1)37-26-24-36(45-47-43(33-14-6-2-7-15-33)46-44(48-45)34-16-8-3-9-17-34)29-39(37)32-22-20-30(21-23-32)35-25-27-42-40(28-35)38-18-10-11-19-41(38)49-42/h1-29H. The van der Waals surface area contributed by atoms with Crippen LogP contribution in [-0.2, 0) is 0 Å². The van der Waals surface area contributed by atoms with Crippen molar-refractivity contribution in [3.63, 3.8) is 0 Å². The fourth-order valence-corrected chi connectivity index (χ4v) is 7.56. The van der Waals surface area contributed by atoms with E-state index in [1.807, 2.05) is 72.0 Å². The third kappa shape index (κ3) is 5.58. The summed E-state index contributed by atoms with van der Waals surface area (Å²) in [7, 11) is 0. The molecule has 0 aliphatic heterocycles. The molecule has 7 aromatic carbocycles. The Labute approximate surface area is 288 Å². The quantitative estimate of drug-likeness (QED) is 0.181. The van der Waals surface area contributed by atoms with Crippen LogP contribution in [0.15, 0.2) is 176 Å². The predicted molar refractivity (Wildman–Crippen MR) is 205 cm³/mol. The van der Waals surface area contributed by atoms with Gasteiger partial charge in [0.2, 0.25) is 0 Å². The molecule has 2 heterocycles. The molecule has 2 aromatic heterocycles. The summed E-state index contributed by atoms with van der Waals surface area (Å²) in [5, 5.41) is 2.62. The summed E-state index contributed by atoms with van der Waals surface area (Å²) in [5.74, 6) is 1.94. The summed E-state index contributed by atoms with van der Waals surface area (Å²) in [4.78, 5) is 14.9. The molecule has 4 heteroatoms. The summed E-state index contributed by atoms with van der Waals surface area (Å²) in [6.07, 6.45) is 0. The third-order valence-corrected chi connectivity index (χ3v) is 10.1. The van der Waals surface area contributed by atoms with Crippen molar-refractivity contribution in [1.82, 2.24) is 15.0 Å². The molecule has 0 saturated carbocycles. The van der Waals surface area contributed by atoms with Gasteiger partial charge in [-0.05, 0) is 57.6 Å². The van der Waals surface area contributed by atoms with Gasteiger partial charge in [-0.3, -0.25) is 0 Å². The molecule has 0 fully saturated rings. The normalized spacial score (nSPS) is 11.3. The number of nitrogens with zero attached hydrogens (tertiary/aromatic N) is 3. The smallest absolute Gasteiger partial charge is 0.164 e. The lowest BCUT2D eigenvalue weighted by Gasteiger charge is -2.14. The van der Waals surface area contributed by atoms with Crippen molar-refractivity contribution >= 4 is 31.5 Å². The second-order valence-electron chi connectivity index (χ2n) is 12.1. The molecule has 0 spiro atoms. The van der Waals surface area contributed by atoms with Crippen molar-refractivity contribution < 1.29 is 0 Å². The first-order chi connectivity index (χ1) is 24.3. The van der Waals surface area contributed by atoms with Gasteiger partial charge in [0.15, 0.2) is 17.5 Å². The van der Waals surface area contributed by atoms with Gasteiger partial charge in [0, 0.05) is 36.9 Å². The van der Waals surface area contributed by atoms with Gasteiger partial charge in [0.25, 0.3) is 0 Å². The third-order valence-electron chi connectivity index (χ3n) is 8.97. The van der Waals surface area contributed by atoms with Crippen LogP contribution >= 0.6 is 11.3 Å². The summed E-state index contributed by atoms with van der Waals surface area (Å²) in [6.45, 7) is 0. The molecule has 0 amide bonds. The lowest BCUT2D eigenvalue weighted by molar-refractivity contribution is 1.07. The molecule has 3 nitrogen and oxygen atoms in total. The van der Waals surface area contributed by atoms with Crippen LogP contribution in [0.25, 0.3) is 87.7 Å². The van der Waals surface area contributed by atoms with Crippen LogP contribution in [0.5, 0.6) is 0 Å². The largest absolute Gasteiger partial charge is 0.208 e. The predicted octanol–water partition coefficient (Wildman–Crippen LogP) is 12.2. The van der Waals surface area contributed by atoms with Crippen LogP contribution in [-0.4, -0.2) is 15.0 Å². The number of hydrogen-bond acceptors (Lipinski definition) is 4. The number of aromatic nitrogens is 3. The lowest BCUT2D eigenvalue weighted by Crippen LogP contribution is -2.00. The molecule has 0 aliphatic carbocycles. The highest BCUT2D eigenvalue weighted by Crippen LogP contribution is 2.39. The van der Waals surface area contributed by atoms with E-state index in [1.54, 1.807) is 0 Å². The minimum Gasteiger partial charge on any atom is -0.208 e. The van der Waals surface area contributed by atoms with Gasteiger partial charge in [-0.1, -0.05) is 152 Å². The Morgan fingerprint density at radius 2 is 0.755 bits per heavy atom. The van der Waals surface area contributed by atoms with E-state index in [4.69, 9.17) is 15.0 Å². The Morgan fingerprint density at radius 1 is 0.286 bits per heavy atom. The van der Waals surface area contributed by atoms with Crippen molar-refractivity contribution in [2.24, 2.45) is 0 Å². The SMILES string of the molecule is c1ccc(-c2nc(-c3ccccc3)nc(-c3ccc(-c4ccccc4)c(-c4ccc(-c5ccc6sc7ccccc7c6c5)cc4)c3)n2)cc1. The number of fused-ring (bicyclic) bond motifs is 3. The van der Waals surface area contributed by atoms with Gasteiger partial charge in [0.05, 0.1) is 0 Å². The van der Waals surface area contributed by atoms with Crippen molar-refractivity contribution in [3.8, 4) is 67.5 Å². The zero-order valence-corrected chi connectivity index (χ0v) is 27.3. The minimum atomic E-state index is 0.640. The maximum atomic E-state index is 5.01. The van der Waals surface area contributed by atoms with E-state index < -0.39 is 0 Å². The number of rotatable bonds is 6. The van der Waals surface area contributed by atoms with Crippen LogP contribution in [0.3, 0.4) is 0 Å². The van der Waals surface area contributed by atoms with E-state index in [-0.39, 0.29) is 0 Å². The van der Waals surface area contributed by atoms with Crippen LogP contribution in [0.4, 0.5) is 0 Å². The maximum Gasteiger partial charge on any atom is 0.164 e. The van der Waals surface area contributed by atoms with E-state index in [0.717, 1.165) is 38.9 Å². The summed E-state index contributed by atoms with van der Waals surface area (Å²) in [6, 6.07) is 61.7. The van der Waals surface area contributed by atoms with E-state index in [1.165, 1.54) is 31.3 Å². The molecule has 0 bridgehead atoms. The van der Waals surface area contributed by atoms with Gasteiger partial charge in [0.1, 0.15) is 0 Å². The molecular weight excluding hydrogens is 615 g/mol. The van der Waals surface area contributed by atoms with Gasteiger partial charge in [-0.25, -0.2) is 15.0 Å². The Kier molecular flexibility index (Phi) is 7.34. The highest BCUT2D eigenvalue weighted by Gasteiger charge is 2.16. The van der Waals surface area contributed by atoms with Crippen LogP contribution in [0.1, 0.15) is 0 Å². The molecule has 0 saturated heterocycles. The Hall–Kier alpha value is -6.23. The molecule has 9 rings (SSSR count). The van der Waals surface area contributed by atoms with Gasteiger partial charge < -0.3 is 0 Å². The molecule has 0 atom stereocenters. The summed E-state index contributed by atoms with van der Waals surface area (Å²) >= 11 is 1.85. The van der Waals surface area contributed by atoms with Crippen molar-refractivity contribution in [2.45, 2.75) is 0 Å². The van der Waals surface area contributed by atoms with Crippen LogP contribution in [0.2, 0.25) is 0 Å². The highest BCUT2D eigenvalue weighted by atomic mass is 32.1. The molecule has 0 radical (unpaired) electrons. The average Bonchev–Trinajstić information content (AvgIpc) is 3.57. The molecule has 0 unspecified atom stereocenters. The first-order valence-corrected chi connectivity index (χ1v) is 17.2. The fourth-order valence-electron chi connectivity index (χ4n) is 6.48. The van der Waals surface area contributed by atoms with Crippen molar-refractivity contribution in [3.05, 3.63) is 176 Å². The number of thiophene rings is 1. The zero-order chi connectivity index (χ0) is 32.6. The van der Waals surface area contributed by atoms with E-state index in [0.29, 0.717) is 17.5 Å². The Bertz CT molecular complexity index is 2520.